The Kier molecular flexibility index (Phi) is 4.56. The molecule has 24 heavy (non-hydrogen) atoms. The van der Waals surface area contributed by atoms with Gasteiger partial charge in [0.15, 0.2) is 0 Å². The Bertz CT molecular complexity index is 853. The summed E-state index contributed by atoms with van der Waals surface area (Å²) in [6.45, 7) is 8.75. The Hall–Kier alpha value is -2.36. The first-order valence-electron chi connectivity index (χ1n) is 8.72. The Morgan fingerprint density at radius 1 is 0.958 bits per heavy atom. The van der Waals surface area contributed by atoms with Gasteiger partial charge in [-0.3, -0.25) is 0 Å². The average Bonchev–Trinajstić information content (AvgIpc) is 3.08. The van der Waals surface area contributed by atoms with Crippen molar-refractivity contribution in [1.82, 2.24) is 15.4 Å². The van der Waals surface area contributed by atoms with Crippen molar-refractivity contribution in [2.24, 2.45) is 0 Å². The molecule has 2 atom stereocenters. The minimum atomic E-state index is 0.323. The molecule has 0 bridgehead atoms. The van der Waals surface area contributed by atoms with E-state index in [-0.39, 0.29) is 0 Å². The first kappa shape index (κ1) is 16.5. The molecule has 0 saturated heterocycles. The summed E-state index contributed by atoms with van der Waals surface area (Å²) in [5, 5.41) is 21.8. The summed E-state index contributed by atoms with van der Waals surface area (Å²) in [6.07, 6.45) is 2.08. The molecule has 1 aromatic heterocycles. The van der Waals surface area contributed by atoms with E-state index in [1.54, 1.807) is 0 Å². The van der Waals surface area contributed by atoms with Crippen LogP contribution in [0.3, 0.4) is 0 Å². The van der Waals surface area contributed by atoms with Gasteiger partial charge >= 0.3 is 0 Å². The van der Waals surface area contributed by atoms with Gasteiger partial charge in [-0.05, 0) is 59.6 Å². The van der Waals surface area contributed by atoms with Gasteiger partial charge in [0.2, 0.25) is 0 Å². The summed E-state index contributed by atoms with van der Waals surface area (Å²) in [5.41, 5.74) is 5.81. The number of nitrogens with zero attached hydrogens (tertiary/aromatic N) is 2. The van der Waals surface area contributed by atoms with Crippen LogP contribution in [-0.2, 0) is 0 Å². The molecule has 4 heteroatoms. The standard InChI is InChI=1S/C20H25N3O/c1-5-12(3)15-9-16(13(4)6-2)20(24)17(10-15)14-7-8-18-19(11-14)22-23-21-18/h7-13,24H,5-6H2,1-4H3,(H,21,22,23). The molecule has 0 spiro atoms. The third kappa shape index (κ3) is 2.88. The summed E-state index contributed by atoms with van der Waals surface area (Å²) < 4.78 is 0. The lowest BCUT2D eigenvalue weighted by molar-refractivity contribution is 0.463. The van der Waals surface area contributed by atoms with Gasteiger partial charge in [0, 0.05) is 5.56 Å². The zero-order valence-electron chi connectivity index (χ0n) is 14.8. The fourth-order valence-corrected chi connectivity index (χ4v) is 3.02. The van der Waals surface area contributed by atoms with Crippen molar-refractivity contribution in [3.8, 4) is 16.9 Å². The molecule has 0 radical (unpaired) electrons. The summed E-state index contributed by atoms with van der Waals surface area (Å²) >= 11 is 0. The van der Waals surface area contributed by atoms with Crippen LogP contribution in [-0.4, -0.2) is 20.5 Å². The number of nitrogens with one attached hydrogen (secondary N) is 1. The number of aromatic nitrogens is 3. The van der Waals surface area contributed by atoms with Crippen LogP contribution < -0.4 is 0 Å². The monoisotopic (exact) mass is 323 g/mol. The van der Waals surface area contributed by atoms with Crippen LogP contribution >= 0.6 is 0 Å². The largest absolute Gasteiger partial charge is 0.507 e. The van der Waals surface area contributed by atoms with E-state index in [1.807, 2.05) is 18.2 Å². The molecule has 0 amide bonds. The maximum absolute atomic E-state index is 10.9. The molecule has 126 valence electrons. The quantitative estimate of drug-likeness (QED) is 0.664. The second-order valence-electron chi connectivity index (χ2n) is 6.65. The second-order valence-corrected chi connectivity index (χ2v) is 6.65. The normalized spacial score (nSPS) is 14.0. The van der Waals surface area contributed by atoms with E-state index < -0.39 is 0 Å². The second kappa shape index (κ2) is 6.63. The number of phenolic OH excluding ortho intramolecular Hbond substituents is 1. The number of rotatable bonds is 5. The van der Waals surface area contributed by atoms with Crippen LogP contribution in [0.2, 0.25) is 0 Å². The fourth-order valence-electron chi connectivity index (χ4n) is 3.02. The maximum atomic E-state index is 10.9. The molecule has 0 saturated carbocycles. The smallest absolute Gasteiger partial charge is 0.126 e. The van der Waals surface area contributed by atoms with Gasteiger partial charge in [-0.1, -0.05) is 39.8 Å². The molecule has 4 nitrogen and oxygen atoms in total. The number of aromatic hydroxyl groups is 1. The zero-order valence-corrected chi connectivity index (χ0v) is 14.8. The molecule has 2 aromatic carbocycles. The average molecular weight is 323 g/mol. The lowest BCUT2D eigenvalue weighted by Crippen LogP contribution is -1.99. The van der Waals surface area contributed by atoms with Crippen molar-refractivity contribution < 1.29 is 5.11 Å². The van der Waals surface area contributed by atoms with Gasteiger partial charge in [-0.15, -0.1) is 0 Å². The third-order valence-electron chi connectivity index (χ3n) is 5.11. The molecule has 2 unspecified atom stereocenters. The minimum absolute atomic E-state index is 0.323. The number of aromatic amines is 1. The topological polar surface area (TPSA) is 61.8 Å². The van der Waals surface area contributed by atoms with Crippen molar-refractivity contribution in [2.45, 2.75) is 52.4 Å². The molecule has 0 aliphatic heterocycles. The molecular weight excluding hydrogens is 298 g/mol. The first-order chi connectivity index (χ1) is 11.5. The summed E-state index contributed by atoms with van der Waals surface area (Å²) in [4.78, 5) is 0. The summed E-state index contributed by atoms with van der Waals surface area (Å²) in [5.74, 6) is 1.17. The Labute approximate surface area is 142 Å². The number of hydrogen-bond donors (Lipinski definition) is 2. The van der Waals surface area contributed by atoms with E-state index in [4.69, 9.17) is 0 Å². The number of fused-ring (bicyclic) bond motifs is 1. The fraction of sp³-hybridized carbons (Fsp3) is 0.400. The summed E-state index contributed by atoms with van der Waals surface area (Å²) in [6, 6.07) is 10.2. The predicted octanol–water partition coefficient (Wildman–Crippen LogP) is 5.36. The highest BCUT2D eigenvalue weighted by Gasteiger charge is 2.18. The van der Waals surface area contributed by atoms with Crippen LogP contribution in [0.5, 0.6) is 5.75 Å². The zero-order chi connectivity index (χ0) is 17.3. The predicted molar refractivity (Wildman–Crippen MR) is 98.4 cm³/mol. The van der Waals surface area contributed by atoms with Crippen molar-refractivity contribution in [3.63, 3.8) is 0 Å². The van der Waals surface area contributed by atoms with E-state index in [0.717, 1.165) is 40.6 Å². The number of hydrogen-bond acceptors (Lipinski definition) is 3. The minimum Gasteiger partial charge on any atom is -0.507 e. The molecule has 0 aliphatic rings. The Balaban J connectivity index is 2.20. The number of phenols is 1. The van der Waals surface area contributed by atoms with Gasteiger partial charge in [0.25, 0.3) is 0 Å². The van der Waals surface area contributed by atoms with Gasteiger partial charge in [0.1, 0.15) is 16.8 Å². The van der Waals surface area contributed by atoms with Crippen LogP contribution in [0.15, 0.2) is 30.3 Å². The lowest BCUT2D eigenvalue weighted by atomic mass is 9.87. The van der Waals surface area contributed by atoms with E-state index >= 15 is 0 Å². The van der Waals surface area contributed by atoms with E-state index in [1.165, 1.54) is 5.56 Å². The van der Waals surface area contributed by atoms with Crippen molar-refractivity contribution in [2.75, 3.05) is 0 Å². The molecule has 0 aliphatic carbocycles. The third-order valence-corrected chi connectivity index (χ3v) is 5.11. The number of benzene rings is 2. The van der Waals surface area contributed by atoms with Crippen molar-refractivity contribution in [1.29, 1.82) is 0 Å². The van der Waals surface area contributed by atoms with E-state index in [9.17, 15) is 5.11 Å². The van der Waals surface area contributed by atoms with Gasteiger partial charge in [-0.2, -0.15) is 15.4 Å². The first-order valence-corrected chi connectivity index (χ1v) is 8.72. The Morgan fingerprint density at radius 2 is 1.67 bits per heavy atom. The molecule has 3 rings (SSSR count). The van der Waals surface area contributed by atoms with E-state index in [2.05, 4.69) is 55.2 Å². The molecule has 1 heterocycles. The van der Waals surface area contributed by atoms with Gasteiger partial charge in [0.05, 0.1) is 0 Å². The lowest BCUT2D eigenvalue weighted by Gasteiger charge is -2.19. The summed E-state index contributed by atoms with van der Waals surface area (Å²) in [7, 11) is 0. The molecular formula is C20H25N3O. The van der Waals surface area contributed by atoms with Crippen LogP contribution in [0.1, 0.15) is 63.5 Å². The van der Waals surface area contributed by atoms with Crippen molar-refractivity contribution >= 4 is 11.0 Å². The van der Waals surface area contributed by atoms with Crippen molar-refractivity contribution in [3.05, 3.63) is 41.5 Å². The van der Waals surface area contributed by atoms with Crippen LogP contribution in [0.25, 0.3) is 22.2 Å². The van der Waals surface area contributed by atoms with Crippen LogP contribution in [0, 0.1) is 0 Å². The highest BCUT2D eigenvalue weighted by Crippen LogP contribution is 2.40. The van der Waals surface area contributed by atoms with Gasteiger partial charge < -0.3 is 5.11 Å². The van der Waals surface area contributed by atoms with E-state index in [0.29, 0.717) is 17.6 Å². The molecule has 2 N–H and O–H groups in total. The highest BCUT2D eigenvalue weighted by molar-refractivity contribution is 5.83. The Morgan fingerprint density at radius 3 is 2.38 bits per heavy atom. The molecule has 3 aromatic rings. The molecule has 0 fully saturated rings. The SMILES string of the molecule is CCC(C)c1cc(-c2ccc3n[nH]nc3c2)c(O)c(C(C)CC)c1. The van der Waals surface area contributed by atoms with Crippen LogP contribution in [0.4, 0.5) is 0 Å². The highest BCUT2D eigenvalue weighted by atomic mass is 16.3. The maximum Gasteiger partial charge on any atom is 0.126 e. The number of H-pyrrole nitrogens is 1. The van der Waals surface area contributed by atoms with Gasteiger partial charge in [-0.25, -0.2) is 0 Å².